The van der Waals surface area contributed by atoms with Gasteiger partial charge in [0.15, 0.2) is 15.1 Å². The van der Waals surface area contributed by atoms with Crippen molar-refractivity contribution in [3.8, 4) is 0 Å². The standard InChI is InChI=1S/C23H34O5S/c1-3-5-6-7-8-12-17-27-18-16-20-21(13-4-2)28-23(24)22(20)29(25,26)19-14-10-9-11-15-19/h3,9-11,14-15,20-22H,1,4-8,12-13,16-18H2,2H3/t20-,21-,22+/m1/s1. The lowest BCUT2D eigenvalue weighted by molar-refractivity contribution is -0.141. The number of rotatable bonds is 14. The Bertz CT molecular complexity index is 729. The summed E-state index contributed by atoms with van der Waals surface area (Å²) in [6.45, 7) is 6.83. The molecule has 1 aliphatic heterocycles. The van der Waals surface area contributed by atoms with Crippen molar-refractivity contribution in [3.05, 3.63) is 43.0 Å². The number of sulfone groups is 1. The number of allylic oxidation sites excluding steroid dienone is 1. The van der Waals surface area contributed by atoms with Crippen LogP contribution in [0.15, 0.2) is 47.9 Å². The monoisotopic (exact) mass is 422 g/mol. The van der Waals surface area contributed by atoms with E-state index in [2.05, 4.69) is 6.58 Å². The zero-order chi connectivity index (χ0) is 21.1. The van der Waals surface area contributed by atoms with Gasteiger partial charge in [0.1, 0.15) is 6.10 Å². The van der Waals surface area contributed by atoms with Crippen LogP contribution in [0.1, 0.15) is 58.3 Å². The molecule has 162 valence electrons. The van der Waals surface area contributed by atoms with Crippen molar-refractivity contribution < 1.29 is 22.7 Å². The molecule has 0 unspecified atom stereocenters. The molecule has 0 saturated carbocycles. The first-order valence-corrected chi connectivity index (χ1v) is 12.2. The van der Waals surface area contributed by atoms with Crippen molar-refractivity contribution in [2.75, 3.05) is 13.2 Å². The van der Waals surface area contributed by atoms with E-state index < -0.39 is 21.1 Å². The average molecular weight is 423 g/mol. The van der Waals surface area contributed by atoms with Gasteiger partial charge in [-0.1, -0.05) is 50.5 Å². The van der Waals surface area contributed by atoms with Crippen molar-refractivity contribution in [3.63, 3.8) is 0 Å². The molecule has 6 heteroatoms. The molecular weight excluding hydrogens is 388 g/mol. The van der Waals surface area contributed by atoms with E-state index in [4.69, 9.17) is 9.47 Å². The summed E-state index contributed by atoms with van der Waals surface area (Å²) in [5.41, 5.74) is 0. The first kappa shape index (κ1) is 23.6. The smallest absolute Gasteiger partial charge is 0.325 e. The van der Waals surface area contributed by atoms with Gasteiger partial charge in [0.25, 0.3) is 0 Å². The molecule has 0 aliphatic carbocycles. The second-order valence-corrected chi connectivity index (χ2v) is 9.67. The Balaban J connectivity index is 1.94. The summed E-state index contributed by atoms with van der Waals surface area (Å²) >= 11 is 0. The lowest BCUT2D eigenvalue weighted by Crippen LogP contribution is -2.34. The summed E-state index contributed by atoms with van der Waals surface area (Å²) in [5, 5.41) is -1.15. The molecule has 29 heavy (non-hydrogen) atoms. The van der Waals surface area contributed by atoms with Gasteiger partial charge in [-0.05, 0) is 44.2 Å². The van der Waals surface area contributed by atoms with E-state index >= 15 is 0 Å². The highest BCUT2D eigenvalue weighted by molar-refractivity contribution is 7.92. The predicted octanol–water partition coefficient (Wildman–Crippen LogP) is 4.71. The third-order valence-electron chi connectivity index (χ3n) is 5.39. The average Bonchev–Trinajstić information content (AvgIpc) is 3.03. The second-order valence-electron chi connectivity index (χ2n) is 7.60. The van der Waals surface area contributed by atoms with Gasteiger partial charge in [0.2, 0.25) is 0 Å². The van der Waals surface area contributed by atoms with Crippen molar-refractivity contribution >= 4 is 15.8 Å². The van der Waals surface area contributed by atoms with Crippen LogP contribution in [0.5, 0.6) is 0 Å². The SMILES string of the molecule is C=CCCCCCCOCC[C@H]1[C@H](S(=O)(=O)c2ccccc2)C(=O)O[C@@H]1CCC. The van der Waals surface area contributed by atoms with Gasteiger partial charge in [-0.15, -0.1) is 6.58 Å². The molecular formula is C23H34O5S. The molecule has 0 spiro atoms. The summed E-state index contributed by atoms with van der Waals surface area (Å²) in [4.78, 5) is 12.7. The minimum atomic E-state index is -3.79. The molecule has 0 radical (unpaired) electrons. The van der Waals surface area contributed by atoms with E-state index in [1.807, 2.05) is 13.0 Å². The molecule has 1 aromatic carbocycles. The number of carbonyl (C=O) groups is 1. The van der Waals surface area contributed by atoms with E-state index in [0.29, 0.717) is 26.1 Å². The summed E-state index contributed by atoms with van der Waals surface area (Å²) < 4.78 is 37.5. The van der Waals surface area contributed by atoms with E-state index in [0.717, 1.165) is 38.5 Å². The minimum Gasteiger partial charge on any atom is -0.461 e. The lowest BCUT2D eigenvalue weighted by atomic mass is 9.94. The Morgan fingerprint density at radius 1 is 1.07 bits per heavy atom. The highest BCUT2D eigenvalue weighted by Gasteiger charge is 2.51. The van der Waals surface area contributed by atoms with E-state index in [-0.39, 0.29) is 16.9 Å². The highest BCUT2D eigenvalue weighted by atomic mass is 32.2. The van der Waals surface area contributed by atoms with Crippen LogP contribution in [-0.2, 0) is 24.1 Å². The Kier molecular flexibility index (Phi) is 9.88. The van der Waals surface area contributed by atoms with Crippen LogP contribution >= 0.6 is 0 Å². The first-order chi connectivity index (χ1) is 14.0. The number of esters is 1. The molecule has 2 rings (SSSR count). The largest absolute Gasteiger partial charge is 0.461 e. The van der Waals surface area contributed by atoms with Crippen molar-refractivity contribution in [2.45, 2.75) is 74.5 Å². The summed E-state index contributed by atoms with van der Waals surface area (Å²) in [6.07, 6.45) is 9.05. The number of unbranched alkanes of at least 4 members (excludes halogenated alkanes) is 4. The second kappa shape index (κ2) is 12.1. The van der Waals surface area contributed by atoms with Crippen LogP contribution in [0, 0.1) is 5.92 Å². The molecule has 0 bridgehead atoms. The fourth-order valence-electron chi connectivity index (χ4n) is 3.85. The normalized spacial score (nSPS) is 21.8. The highest BCUT2D eigenvalue weighted by Crippen LogP contribution is 2.36. The zero-order valence-electron chi connectivity index (χ0n) is 17.4. The Hall–Kier alpha value is -1.66. The first-order valence-electron chi connectivity index (χ1n) is 10.7. The van der Waals surface area contributed by atoms with Gasteiger partial charge in [-0.2, -0.15) is 0 Å². The Morgan fingerprint density at radius 2 is 1.79 bits per heavy atom. The number of hydrogen-bond donors (Lipinski definition) is 0. The molecule has 0 N–H and O–H groups in total. The molecule has 1 aromatic rings. The van der Waals surface area contributed by atoms with E-state index in [1.54, 1.807) is 18.2 Å². The van der Waals surface area contributed by atoms with Gasteiger partial charge in [-0.3, -0.25) is 4.79 Å². The van der Waals surface area contributed by atoms with Gasteiger partial charge < -0.3 is 9.47 Å². The zero-order valence-corrected chi connectivity index (χ0v) is 18.2. The van der Waals surface area contributed by atoms with Crippen LogP contribution < -0.4 is 0 Å². The van der Waals surface area contributed by atoms with Crippen LogP contribution in [0.25, 0.3) is 0 Å². The van der Waals surface area contributed by atoms with E-state index in [9.17, 15) is 13.2 Å². The number of benzene rings is 1. The van der Waals surface area contributed by atoms with Gasteiger partial charge in [-0.25, -0.2) is 8.42 Å². The molecule has 1 fully saturated rings. The fraction of sp³-hybridized carbons (Fsp3) is 0.609. The van der Waals surface area contributed by atoms with Crippen LogP contribution in [0.4, 0.5) is 0 Å². The molecule has 1 saturated heterocycles. The number of hydrogen-bond acceptors (Lipinski definition) is 5. The maximum atomic E-state index is 13.1. The van der Waals surface area contributed by atoms with Crippen LogP contribution in [-0.4, -0.2) is 39.0 Å². The van der Waals surface area contributed by atoms with Gasteiger partial charge in [0.05, 0.1) is 4.90 Å². The topological polar surface area (TPSA) is 69.7 Å². The third kappa shape index (κ3) is 6.68. The van der Waals surface area contributed by atoms with Gasteiger partial charge >= 0.3 is 5.97 Å². The van der Waals surface area contributed by atoms with Crippen LogP contribution in [0.3, 0.4) is 0 Å². The van der Waals surface area contributed by atoms with E-state index in [1.165, 1.54) is 12.1 Å². The van der Waals surface area contributed by atoms with Crippen molar-refractivity contribution in [1.29, 1.82) is 0 Å². The summed E-state index contributed by atoms with van der Waals surface area (Å²) in [6, 6.07) is 8.17. The molecule has 0 amide bonds. The number of cyclic esters (lactones) is 1. The number of ether oxygens (including phenoxy) is 2. The molecule has 3 atom stereocenters. The molecule has 5 nitrogen and oxygen atoms in total. The predicted molar refractivity (Wildman–Crippen MR) is 114 cm³/mol. The van der Waals surface area contributed by atoms with Crippen LogP contribution in [0.2, 0.25) is 0 Å². The molecule has 0 aromatic heterocycles. The maximum absolute atomic E-state index is 13.1. The molecule has 1 aliphatic rings. The van der Waals surface area contributed by atoms with Crippen molar-refractivity contribution in [2.24, 2.45) is 5.92 Å². The summed E-state index contributed by atoms with van der Waals surface area (Å²) in [7, 11) is -3.79. The maximum Gasteiger partial charge on any atom is 0.325 e. The van der Waals surface area contributed by atoms with Crippen molar-refractivity contribution in [1.82, 2.24) is 0 Å². The number of carbonyl (C=O) groups excluding carboxylic acids is 1. The Labute approximate surface area is 175 Å². The minimum absolute atomic E-state index is 0.171. The lowest BCUT2D eigenvalue weighted by Gasteiger charge is -2.21. The Morgan fingerprint density at radius 3 is 2.48 bits per heavy atom. The van der Waals surface area contributed by atoms with Gasteiger partial charge in [0, 0.05) is 19.1 Å². The fourth-order valence-corrected chi connectivity index (χ4v) is 5.76. The summed E-state index contributed by atoms with van der Waals surface area (Å²) in [5.74, 6) is -1.00. The molecule has 1 heterocycles. The third-order valence-corrected chi connectivity index (χ3v) is 7.53. The quantitative estimate of drug-likeness (QED) is 0.247.